The van der Waals surface area contributed by atoms with Gasteiger partial charge in [0.05, 0.1) is 24.1 Å². The van der Waals surface area contributed by atoms with Crippen LogP contribution in [0, 0.1) is 6.92 Å². The molecule has 0 saturated carbocycles. The zero-order valence-electron chi connectivity index (χ0n) is 16.8. The minimum Gasteiger partial charge on any atom is -0.497 e. The molecule has 2 aromatic heterocycles. The van der Waals surface area contributed by atoms with Crippen LogP contribution in [0.25, 0.3) is 11.0 Å². The fourth-order valence-corrected chi connectivity index (χ4v) is 4.31. The molecule has 0 aliphatic carbocycles. The summed E-state index contributed by atoms with van der Waals surface area (Å²) in [6.07, 6.45) is 0. The van der Waals surface area contributed by atoms with E-state index in [1.807, 2.05) is 31.2 Å². The molecule has 0 bridgehead atoms. The number of nitrogens with zero attached hydrogens (tertiary/aromatic N) is 2. The van der Waals surface area contributed by atoms with Crippen LogP contribution in [0.5, 0.6) is 5.75 Å². The Labute approximate surface area is 186 Å². The quantitative estimate of drug-likeness (QED) is 0.415. The number of hydrogen-bond donors (Lipinski definition) is 0. The number of aromatic nitrogens is 1. The van der Waals surface area contributed by atoms with Gasteiger partial charge in [0, 0.05) is 10.2 Å². The number of methoxy groups -OCH3 is 1. The number of pyridine rings is 1. The number of ether oxygens (including phenoxy) is 1. The fraction of sp³-hybridized carbons (Fsp3) is 0.125. The first-order valence-electron chi connectivity index (χ1n) is 9.65. The summed E-state index contributed by atoms with van der Waals surface area (Å²) in [7, 11) is 1.59. The summed E-state index contributed by atoms with van der Waals surface area (Å²) in [6.45, 7) is 1.86. The maximum atomic E-state index is 13.6. The van der Waals surface area contributed by atoms with E-state index in [9.17, 15) is 9.59 Å². The molecule has 154 valence electrons. The molecule has 0 saturated heterocycles. The van der Waals surface area contributed by atoms with E-state index >= 15 is 0 Å². The van der Waals surface area contributed by atoms with Crippen molar-refractivity contribution in [2.45, 2.75) is 13.0 Å². The van der Waals surface area contributed by atoms with Gasteiger partial charge in [-0.3, -0.25) is 14.5 Å². The smallest absolute Gasteiger partial charge is 0.296 e. The van der Waals surface area contributed by atoms with E-state index in [4.69, 9.17) is 9.15 Å². The molecule has 1 atom stereocenters. The van der Waals surface area contributed by atoms with Crippen molar-refractivity contribution in [1.82, 2.24) is 4.98 Å². The Bertz CT molecular complexity index is 1400. The monoisotopic (exact) mass is 476 g/mol. The van der Waals surface area contributed by atoms with Crippen LogP contribution in [0.15, 0.2) is 74.3 Å². The molecule has 6 nitrogen and oxygen atoms in total. The Balaban J connectivity index is 1.80. The topological polar surface area (TPSA) is 72.6 Å². The lowest BCUT2D eigenvalue weighted by atomic mass is 9.98. The van der Waals surface area contributed by atoms with Crippen LogP contribution >= 0.6 is 15.9 Å². The third kappa shape index (κ3) is 3.13. The van der Waals surface area contributed by atoms with Crippen molar-refractivity contribution in [2.75, 3.05) is 12.0 Å². The molecule has 1 aliphatic heterocycles. The first-order valence-corrected chi connectivity index (χ1v) is 10.4. The van der Waals surface area contributed by atoms with Crippen molar-refractivity contribution in [1.29, 1.82) is 0 Å². The van der Waals surface area contributed by atoms with E-state index in [-0.39, 0.29) is 11.2 Å². The lowest BCUT2D eigenvalue weighted by Gasteiger charge is -2.24. The van der Waals surface area contributed by atoms with Gasteiger partial charge >= 0.3 is 0 Å². The van der Waals surface area contributed by atoms with Crippen LogP contribution in [0.1, 0.15) is 33.4 Å². The molecule has 1 unspecified atom stereocenters. The van der Waals surface area contributed by atoms with Crippen LogP contribution < -0.4 is 15.1 Å². The summed E-state index contributed by atoms with van der Waals surface area (Å²) in [5, 5.41) is 0.415. The minimum atomic E-state index is -0.665. The van der Waals surface area contributed by atoms with Crippen LogP contribution in [0.3, 0.4) is 0 Å². The maximum absolute atomic E-state index is 13.6. The van der Waals surface area contributed by atoms with Crippen molar-refractivity contribution in [3.8, 4) is 5.75 Å². The van der Waals surface area contributed by atoms with Gasteiger partial charge in [0.25, 0.3) is 5.91 Å². The largest absolute Gasteiger partial charge is 0.497 e. The van der Waals surface area contributed by atoms with Crippen LogP contribution in [0.4, 0.5) is 5.82 Å². The summed E-state index contributed by atoms with van der Waals surface area (Å²) >= 11 is 3.41. The average Bonchev–Trinajstić information content (AvgIpc) is 3.07. The highest BCUT2D eigenvalue weighted by molar-refractivity contribution is 9.10. The van der Waals surface area contributed by atoms with Crippen LogP contribution in [-0.2, 0) is 0 Å². The second kappa shape index (κ2) is 7.35. The Morgan fingerprint density at radius 3 is 2.55 bits per heavy atom. The number of benzene rings is 2. The predicted molar refractivity (Wildman–Crippen MR) is 121 cm³/mol. The summed E-state index contributed by atoms with van der Waals surface area (Å²) in [5.74, 6) is 0.796. The number of fused-ring (bicyclic) bond motifs is 2. The second-order valence-corrected chi connectivity index (χ2v) is 8.22. The Kier molecular flexibility index (Phi) is 4.63. The minimum absolute atomic E-state index is 0.0453. The van der Waals surface area contributed by atoms with Crippen LogP contribution in [-0.4, -0.2) is 18.0 Å². The molecular weight excluding hydrogens is 460 g/mol. The van der Waals surface area contributed by atoms with E-state index in [1.165, 1.54) is 4.90 Å². The lowest BCUT2D eigenvalue weighted by molar-refractivity contribution is 0.0970. The van der Waals surface area contributed by atoms with E-state index < -0.39 is 11.9 Å². The third-order valence-corrected chi connectivity index (χ3v) is 5.88. The number of halogens is 1. The Morgan fingerprint density at radius 2 is 1.84 bits per heavy atom. The molecule has 3 heterocycles. The second-order valence-electron chi connectivity index (χ2n) is 7.30. The standard InChI is InChI=1S/C24H17BrN2O4/c1-13-4-3-5-19(26-13)27-21(14-6-9-16(30-2)10-7-14)20-22(28)17-12-15(25)8-11-18(17)31-23(20)24(27)29/h3-12,21H,1-2H3. The SMILES string of the molecule is COc1ccc(C2c3c(oc4ccc(Br)cc4c3=O)C(=O)N2c2cccc(C)n2)cc1. The zero-order valence-corrected chi connectivity index (χ0v) is 18.3. The molecule has 0 spiro atoms. The van der Waals surface area contributed by atoms with Gasteiger partial charge in [-0.15, -0.1) is 0 Å². The number of amides is 1. The average molecular weight is 477 g/mol. The molecular formula is C24H17BrN2O4. The Hall–Kier alpha value is -3.45. The van der Waals surface area contributed by atoms with Gasteiger partial charge in [0.15, 0.2) is 5.43 Å². The summed E-state index contributed by atoms with van der Waals surface area (Å²) < 4.78 is 12.0. The highest BCUT2D eigenvalue weighted by atomic mass is 79.9. The van der Waals surface area contributed by atoms with Gasteiger partial charge in [-0.1, -0.05) is 34.1 Å². The van der Waals surface area contributed by atoms with Crippen LogP contribution in [0.2, 0.25) is 0 Å². The lowest BCUT2D eigenvalue weighted by Crippen LogP contribution is -2.30. The maximum Gasteiger partial charge on any atom is 0.296 e. The number of anilines is 1. The van der Waals surface area contributed by atoms with E-state index in [0.717, 1.165) is 15.7 Å². The molecule has 1 aliphatic rings. The van der Waals surface area contributed by atoms with Gasteiger partial charge < -0.3 is 9.15 Å². The van der Waals surface area contributed by atoms with Gasteiger partial charge in [-0.2, -0.15) is 0 Å². The first-order chi connectivity index (χ1) is 15.0. The first kappa shape index (κ1) is 19.5. The fourth-order valence-electron chi connectivity index (χ4n) is 3.95. The van der Waals surface area contributed by atoms with Gasteiger partial charge in [0.1, 0.15) is 17.2 Å². The van der Waals surface area contributed by atoms with Crippen molar-refractivity contribution < 1.29 is 13.9 Å². The molecule has 4 aromatic rings. The number of rotatable bonds is 3. The normalized spacial score (nSPS) is 15.4. The van der Waals surface area contributed by atoms with Crippen molar-refractivity contribution >= 4 is 38.6 Å². The molecule has 0 N–H and O–H groups in total. The zero-order chi connectivity index (χ0) is 21.7. The summed E-state index contributed by atoms with van der Waals surface area (Å²) in [4.78, 5) is 33.1. The number of hydrogen-bond acceptors (Lipinski definition) is 5. The number of carbonyl (C=O) groups excluding carboxylic acids is 1. The molecule has 0 radical (unpaired) electrons. The van der Waals surface area contributed by atoms with E-state index in [2.05, 4.69) is 20.9 Å². The molecule has 5 rings (SSSR count). The van der Waals surface area contributed by atoms with Gasteiger partial charge in [0.2, 0.25) is 5.76 Å². The third-order valence-electron chi connectivity index (χ3n) is 5.38. The predicted octanol–water partition coefficient (Wildman–Crippen LogP) is 5.02. The van der Waals surface area contributed by atoms with Crippen molar-refractivity contribution in [2.24, 2.45) is 0 Å². The molecule has 7 heteroatoms. The highest BCUT2D eigenvalue weighted by Crippen LogP contribution is 2.41. The van der Waals surface area contributed by atoms with Gasteiger partial charge in [-0.05, 0) is 55.0 Å². The van der Waals surface area contributed by atoms with Gasteiger partial charge in [-0.25, -0.2) is 4.98 Å². The summed E-state index contributed by atoms with van der Waals surface area (Å²) in [5.41, 5.74) is 1.97. The number of carbonyl (C=O) groups is 1. The highest BCUT2D eigenvalue weighted by Gasteiger charge is 2.44. The van der Waals surface area contributed by atoms with E-state index in [0.29, 0.717) is 28.1 Å². The summed E-state index contributed by atoms with van der Waals surface area (Å²) in [6, 6.07) is 17.3. The Morgan fingerprint density at radius 1 is 1.06 bits per heavy atom. The molecule has 2 aromatic carbocycles. The molecule has 0 fully saturated rings. The van der Waals surface area contributed by atoms with E-state index in [1.54, 1.807) is 43.5 Å². The van der Waals surface area contributed by atoms with Crippen molar-refractivity contribution in [3.63, 3.8) is 0 Å². The number of aryl methyl sites for hydroxylation is 1. The van der Waals surface area contributed by atoms with Crippen molar-refractivity contribution in [3.05, 3.63) is 97.9 Å². The molecule has 31 heavy (non-hydrogen) atoms. The molecule has 1 amide bonds.